The molecule has 1 aliphatic heterocycles. The first kappa shape index (κ1) is 26.2. The average molecular weight is 536 g/mol. The van der Waals surface area contributed by atoms with Crippen molar-refractivity contribution in [3.05, 3.63) is 64.2 Å². The minimum absolute atomic E-state index is 0.0545. The number of alkyl halides is 2. The Hall–Kier alpha value is -4.37. The molecular weight excluding hydrogens is 508 g/mol. The summed E-state index contributed by atoms with van der Waals surface area (Å²) in [6, 6.07) is 12.3. The van der Waals surface area contributed by atoms with Crippen LogP contribution >= 0.6 is 0 Å². The number of ether oxygens (including phenoxy) is 1. The maximum absolute atomic E-state index is 13.2. The molecular formula is C27H27F2N7O3. The standard InChI is InChI=1S/C27H27F2N7O3/c1-33(2)19-7-8-34(13-19)26(37)15-36-27(38)21-6-4-3-5-20(21)23(32-36)14-35-12-18-10-24(39-16-25(28)29)17(11-30)9-22(18)31-35/h3-6,9-10,12,19,25H,7-8,13-16H2,1-2H3/t19-/m1/s1. The number of carbonyl (C=O) groups is 1. The van der Waals surface area contributed by atoms with Gasteiger partial charge in [0.2, 0.25) is 5.91 Å². The Morgan fingerprint density at radius 2 is 2.00 bits per heavy atom. The van der Waals surface area contributed by atoms with Crippen LogP contribution in [0.4, 0.5) is 8.78 Å². The van der Waals surface area contributed by atoms with E-state index in [-0.39, 0.29) is 41.9 Å². The van der Waals surface area contributed by atoms with Gasteiger partial charge in [-0.15, -0.1) is 0 Å². The van der Waals surface area contributed by atoms with Crippen LogP contribution in [-0.2, 0) is 17.9 Å². The van der Waals surface area contributed by atoms with Crippen LogP contribution in [0.2, 0.25) is 0 Å². The van der Waals surface area contributed by atoms with Crippen LogP contribution in [0.5, 0.6) is 5.75 Å². The van der Waals surface area contributed by atoms with Gasteiger partial charge >= 0.3 is 0 Å². The largest absolute Gasteiger partial charge is 0.486 e. The Labute approximate surface area is 222 Å². The second kappa shape index (κ2) is 10.8. The van der Waals surface area contributed by atoms with Crippen molar-refractivity contribution in [2.24, 2.45) is 0 Å². The lowest BCUT2D eigenvalue weighted by Crippen LogP contribution is -2.38. The van der Waals surface area contributed by atoms with Gasteiger partial charge in [-0.3, -0.25) is 14.3 Å². The molecule has 0 radical (unpaired) electrons. The van der Waals surface area contributed by atoms with E-state index in [9.17, 15) is 23.6 Å². The molecule has 0 N–H and O–H groups in total. The molecule has 1 aliphatic rings. The SMILES string of the molecule is CN(C)[C@@H]1CCN(C(=O)Cn2nc(Cn3cc4cc(OCC(F)F)c(C#N)cc4n3)c3ccccc3c2=O)C1. The number of carbonyl (C=O) groups excluding carboxylic acids is 1. The van der Waals surface area contributed by atoms with Gasteiger partial charge in [0.25, 0.3) is 12.0 Å². The molecule has 1 fully saturated rings. The maximum Gasteiger partial charge on any atom is 0.275 e. The number of likely N-dealkylation sites (N-methyl/N-ethyl adjacent to an activating group) is 1. The highest BCUT2D eigenvalue weighted by Crippen LogP contribution is 2.26. The number of amides is 1. The molecule has 1 amide bonds. The van der Waals surface area contributed by atoms with Crippen molar-refractivity contribution < 1.29 is 18.3 Å². The van der Waals surface area contributed by atoms with Gasteiger partial charge in [-0.05, 0) is 38.7 Å². The molecule has 10 nitrogen and oxygen atoms in total. The van der Waals surface area contributed by atoms with Crippen molar-refractivity contribution in [3.63, 3.8) is 0 Å². The highest BCUT2D eigenvalue weighted by atomic mass is 19.3. The Morgan fingerprint density at radius 3 is 2.69 bits per heavy atom. The van der Waals surface area contributed by atoms with E-state index in [1.165, 1.54) is 16.8 Å². The van der Waals surface area contributed by atoms with Gasteiger partial charge in [-0.2, -0.15) is 15.5 Å². The lowest BCUT2D eigenvalue weighted by molar-refractivity contribution is -0.131. The summed E-state index contributed by atoms with van der Waals surface area (Å²) >= 11 is 0. The van der Waals surface area contributed by atoms with Crippen molar-refractivity contribution in [2.45, 2.75) is 32.0 Å². The predicted molar refractivity (Wildman–Crippen MR) is 140 cm³/mol. The molecule has 0 spiro atoms. The fourth-order valence-electron chi connectivity index (χ4n) is 4.84. The highest BCUT2D eigenvalue weighted by Gasteiger charge is 2.28. The molecule has 202 valence electrons. The van der Waals surface area contributed by atoms with Gasteiger partial charge in [-0.1, -0.05) is 18.2 Å². The Bertz CT molecular complexity index is 1640. The fourth-order valence-corrected chi connectivity index (χ4v) is 4.84. The number of hydrogen-bond acceptors (Lipinski definition) is 7. The van der Waals surface area contributed by atoms with E-state index in [1.807, 2.05) is 20.2 Å². The van der Waals surface area contributed by atoms with Crippen LogP contribution in [0.3, 0.4) is 0 Å². The summed E-state index contributed by atoms with van der Waals surface area (Å²) in [6.07, 6.45) is -0.106. The minimum Gasteiger partial charge on any atom is -0.486 e. The summed E-state index contributed by atoms with van der Waals surface area (Å²) in [7, 11) is 3.97. The monoisotopic (exact) mass is 535 g/mol. The molecule has 1 atom stereocenters. The molecule has 3 heterocycles. The van der Waals surface area contributed by atoms with Crippen LogP contribution < -0.4 is 10.3 Å². The molecule has 0 bridgehead atoms. The van der Waals surface area contributed by atoms with Crippen LogP contribution in [0.15, 0.2) is 47.4 Å². The summed E-state index contributed by atoms with van der Waals surface area (Å²) in [4.78, 5) is 30.1. The molecule has 2 aromatic heterocycles. The number of benzene rings is 2. The predicted octanol–water partition coefficient (Wildman–Crippen LogP) is 2.47. The molecule has 0 aliphatic carbocycles. The van der Waals surface area contributed by atoms with E-state index in [1.54, 1.807) is 40.0 Å². The first-order chi connectivity index (χ1) is 18.7. The fraction of sp³-hybridized carbons (Fsp3) is 0.370. The van der Waals surface area contributed by atoms with Gasteiger partial charge < -0.3 is 14.5 Å². The summed E-state index contributed by atoms with van der Waals surface area (Å²) < 4.78 is 33.2. The van der Waals surface area contributed by atoms with E-state index in [0.717, 1.165) is 6.42 Å². The lowest BCUT2D eigenvalue weighted by atomic mass is 10.1. The molecule has 0 unspecified atom stereocenters. The number of hydrogen-bond donors (Lipinski definition) is 0. The molecule has 5 rings (SSSR count). The zero-order chi connectivity index (χ0) is 27.7. The second-order valence-electron chi connectivity index (χ2n) is 9.75. The van der Waals surface area contributed by atoms with Crippen LogP contribution in [0.1, 0.15) is 17.7 Å². The van der Waals surface area contributed by atoms with Crippen LogP contribution in [-0.4, -0.2) is 81.5 Å². The third-order valence-electron chi connectivity index (χ3n) is 6.93. The highest BCUT2D eigenvalue weighted by molar-refractivity contribution is 5.85. The number of halogens is 2. The summed E-state index contributed by atoms with van der Waals surface area (Å²) in [5.41, 5.74) is 0.764. The van der Waals surface area contributed by atoms with E-state index in [4.69, 9.17) is 4.74 Å². The van der Waals surface area contributed by atoms with E-state index >= 15 is 0 Å². The molecule has 0 saturated carbocycles. The Kier molecular flexibility index (Phi) is 7.26. The van der Waals surface area contributed by atoms with Gasteiger partial charge in [0, 0.05) is 36.1 Å². The summed E-state index contributed by atoms with van der Waals surface area (Å²) in [5.74, 6) is -0.112. The third-order valence-corrected chi connectivity index (χ3v) is 6.93. The first-order valence-corrected chi connectivity index (χ1v) is 12.5. The van der Waals surface area contributed by atoms with E-state index in [0.29, 0.717) is 40.5 Å². The number of aromatic nitrogens is 4. The quantitative estimate of drug-likeness (QED) is 0.341. The third kappa shape index (κ3) is 5.44. The zero-order valence-corrected chi connectivity index (χ0v) is 21.5. The van der Waals surface area contributed by atoms with E-state index < -0.39 is 13.0 Å². The van der Waals surface area contributed by atoms with Crippen molar-refractivity contribution in [2.75, 3.05) is 33.8 Å². The van der Waals surface area contributed by atoms with Crippen molar-refractivity contribution in [1.82, 2.24) is 29.4 Å². The van der Waals surface area contributed by atoms with Crippen molar-refractivity contribution >= 4 is 27.6 Å². The van der Waals surface area contributed by atoms with Gasteiger partial charge in [0.1, 0.15) is 25.0 Å². The number of nitrogens with zero attached hydrogens (tertiary/aromatic N) is 7. The van der Waals surface area contributed by atoms with E-state index in [2.05, 4.69) is 15.1 Å². The number of nitriles is 1. The van der Waals surface area contributed by atoms with Crippen LogP contribution in [0, 0.1) is 11.3 Å². The first-order valence-electron chi connectivity index (χ1n) is 12.5. The molecule has 4 aromatic rings. The lowest BCUT2D eigenvalue weighted by Gasteiger charge is -2.20. The Morgan fingerprint density at radius 1 is 1.23 bits per heavy atom. The number of fused-ring (bicyclic) bond motifs is 2. The molecule has 1 saturated heterocycles. The minimum atomic E-state index is -2.67. The summed E-state index contributed by atoms with van der Waals surface area (Å²) in [6.45, 7) is 0.413. The molecule has 12 heteroatoms. The maximum atomic E-state index is 13.2. The van der Waals surface area contributed by atoms with Gasteiger partial charge in [0.15, 0.2) is 0 Å². The topological polar surface area (TPSA) is 109 Å². The normalized spacial score (nSPS) is 15.5. The van der Waals surface area contributed by atoms with Gasteiger partial charge in [-0.25, -0.2) is 13.5 Å². The smallest absolute Gasteiger partial charge is 0.275 e. The number of rotatable bonds is 8. The Balaban J connectivity index is 1.46. The second-order valence-corrected chi connectivity index (χ2v) is 9.75. The molecule has 2 aromatic carbocycles. The van der Waals surface area contributed by atoms with Crippen molar-refractivity contribution in [1.29, 1.82) is 5.26 Å². The number of likely N-dealkylation sites (tertiary alicyclic amines) is 1. The van der Waals surface area contributed by atoms with Crippen LogP contribution in [0.25, 0.3) is 21.7 Å². The summed E-state index contributed by atoms with van der Waals surface area (Å²) in [5, 5.41) is 20.2. The average Bonchev–Trinajstić information content (AvgIpc) is 3.56. The van der Waals surface area contributed by atoms with Gasteiger partial charge in [0.05, 0.1) is 28.7 Å². The molecule has 39 heavy (non-hydrogen) atoms. The zero-order valence-electron chi connectivity index (χ0n) is 21.5. The van der Waals surface area contributed by atoms with Crippen molar-refractivity contribution in [3.8, 4) is 11.8 Å².